The van der Waals surface area contributed by atoms with E-state index in [2.05, 4.69) is 64.6 Å². The highest BCUT2D eigenvalue weighted by Gasteiger charge is 2.01. The molecule has 0 saturated carbocycles. The highest BCUT2D eigenvalue weighted by atomic mass is 79.9. The summed E-state index contributed by atoms with van der Waals surface area (Å²) in [7, 11) is 1.72. The Kier molecular flexibility index (Phi) is 5.00. The summed E-state index contributed by atoms with van der Waals surface area (Å²) in [6.07, 6.45) is 0. The fourth-order valence-corrected chi connectivity index (χ4v) is 2.36. The van der Waals surface area contributed by atoms with Crippen molar-refractivity contribution in [2.75, 3.05) is 12.4 Å². The van der Waals surface area contributed by atoms with Gasteiger partial charge in [-0.05, 0) is 35.7 Å². The number of ether oxygens (including phenoxy) is 1. The van der Waals surface area contributed by atoms with Gasteiger partial charge in [-0.2, -0.15) is 0 Å². The number of nitrogens with one attached hydrogen (secondary N) is 1. The Morgan fingerprint density at radius 2 is 1.84 bits per heavy atom. The summed E-state index contributed by atoms with van der Waals surface area (Å²) < 4.78 is 6.28. The van der Waals surface area contributed by atoms with Crippen molar-refractivity contribution in [1.82, 2.24) is 0 Å². The van der Waals surface area contributed by atoms with Gasteiger partial charge in [-0.25, -0.2) is 0 Å². The van der Waals surface area contributed by atoms with Crippen LogP contribution in [0.4, 0.5) is 5.69 Å². The summed E-state index contributed by atoms with van der Waals surface area (Å²) in [5.74, 6) is 0. The molecule has 0 amide bonds. The van der Waals surface area contributed by atoms with Crippen LogP contribution in [-0.2, 0) is 17.9 Å². The Morgan fingerprint density at radius 1 is 1.11 bits per heavy atom. The molecule has 1 N–H and O–H groups in total. The van der Waals surface area contributed by atoms with Crippen molar-refractivity contribution in [2.45, 2.75) is 20.1 Å². The number of rotatable bonds is 5. The first-order chi connectivity index (χ1) is 9.20. The second kappa shape index (κ2) is 6.73. The predicted molar refractivity (Wildman–Crippen MR) is 83.4 cm³/mol. The van der Waals surface area contributed by atoms with Crippen LogP contribution in [0.3, 0.4) is 0 Å². The van der Waals surface area contributed by atoms with Gasteiger partial charge >= 0.3 is 0 Å². The molecule has 0 aliphatic carbocycles. The first-order valence-electron chi connectivity index (χ1n) is 6.26. The molecular formula is C16H18BrNO. The standard InChI is InChI=1S/C16H18BrNO/c1-12-15(17)7-4-8-16(12)18-10-13-5-3-6-14(9-13)11-19-2/h3-9,18H,10-11H2,1-2H3. The molecule has 0 aromatic heterocycles. The molecule has 100 valence electrons. The molecule has 2 aromatic rings. The number of benzene rings is 2. The van der Waals surface area contributed by atoms with E-state index in [4.69, 9.17) is 4.74 Å². The van der Waals surface area contributed by atoms with Gasteiger partial charge < -0.3 is 10.1 Å². The van der Waals surface area contributed by atoms with E-state index in [1.54, 1.807) is 7.11 Å². The van der Waals surface area contributed by atoms with Crippen LogP contribution in [0, 0.1) is 6.92 Å². The molecule has 3 heteroatoms. The second-order valence-electron chi connectivity index (χ2n) is 4.52. The zero-order valence-corrected chi connectivity index (χ0v) is 12.8. The van der Waals surface area contributed by atoms with Gasteiger partial charge in [-0.1, -0.05) is 46.3 Å². The molecule has 2 aromatic carbocycles. The molecular weight excluding hydrogens is 302 g/mol. The van der Waals surface area contributed by atoms with E-state index in [-0.39, 0.29) is 0 Å². The molecule has 0 unspecified atom stereocenters. The summed E-state index contributed by atoms with van der Waals surface area (Å²) in [4.78, 5) is 0. The summed E-state index contributed by atoms with van der Waals surface area (Å²) in [5, 5.41) is 3.47. The van der Waals surface area contributed by atoms with Crippen LogP contribution in [0.2, 0.25) is 0 Å². The number of hydrogen-bond acceptors (Lipinski definition) is 2. The van der Waals surface area contributed by atoms with Crippen LogP contribution >= 0.6 is 15.9 Å². The molecule has 2 nitrogen and oxygen atoms in total. The lowest BCUT2D eigenvalue weighted by Gasteiger charge is -2.11. The highest BCUT2D eigenvalue weighted by Crippen LogP contribution is 2.24. The zero-order chi connectivity index (χ0) is 13.7. The highest BCUT2D eigenvalue weighted by molar-refractivity contribution is 9.10. The largest absolute Gasteiger partial charge is 0.381 e. The monoisotopic (exact) mass is 319 g/mol. The maximum atomic E-state index is 5.15. The fraction of sp³-hybridized carbons (Fsp3) is 0.250. The van der Waals surface area contributed by atoms with Crippen molar-refractivity contribution in [2.24, 2.45) is 0 Å². The number of halogens is 1. The van der Waals surface area contributed by atoms with Gasteiger partial charge in [-0.15, -0.1) is 0 Å². The van der Waals surface area contributed by atoms with Crippen LogP contribution in [-0.4, -0.2) is 7.11 Å². The first-order valence-corrected chi connectivity index (χ1v) is 7.05. The van der Waals surface area contributed by atoms with E-state index < -0.39 is 0 Å². The van der Waals surface area contributed by atoms with E-state index >= 15 is 0 Å². The van der Waals surface area contributed by atoms with E-state index in [1.165, 1.54) is 16.7 Å². The molecule has 0 atom stereocenters. The molecule has 0 bridgehead atoms. The zero-order valence-electron chi connectivity index (χ0n) is 11.2. The molecule has 19 heavy (non-hydrogen) atoms. The van der Waals surface area contributed by atoms with Crippen molar-refractivity contribution >= 4 is 21.6 Å². The third-order valence-corrected chi connectivity index (χ3v) is 3.91. The third kappa shape index (κ3) is 3.82. The molecule has 0 spiro atoms. The Hall–Kier alpha value is -1.32. The summed E-state index contributed by atoms with van der Waals surface area (Å²) in [5.41, 5.74) is 4.85. The Labute approximate surface area is 122 Å². The smallest absolute Gasteiger partial charge is 0.0713 e. The first kappa shape index (κ1) is 14.1. The molecule has 0 radical (unpaired) electrons. The van der Waals surface area contributed by atoms with E-state index in [9.17, 15) is 0 Å². The third-order valence-electron chi connectivity index (χ3n) is 3.05. The number of hydrogen-bond donors (Lipinski definition) is 1. The maximum absolute atomic E-state index is 5.15. The average molecular weight is 320 g/mol. The van der Waals surface area contributed by atoms with E-state index in [0.29, 0.717) is 6.61 Å². The quantitative estimate of drug-likeness (QED) is 0.875. The van der Waals surface area contributed by atoms with Crippen LogP contribution in [0.25, 0.3) is 0 Å². The van der Waals surface area contributed by atoms with Gasteiger partial charge in [0.15, 0.2) is 0 Å². The second-order valence-corrected chi connectivity index (χ2v) is 5.37. The van der Waals surface area contributed by atoms with Crippen molar-refractivity contribution in [1.29, 1.82) is 0 Å². The Morgan fingerprint density at radius 3 is 2.63 bits per heavy atom. The van der Waals surface area contributed by atoms with E-state index in [0.717, 1.165) is 16.7 Å². The number of methoxy groups -OCH3 is 1. The van der Waals surface area contributed by atoms with Crippen molar-refractivity contribution < 1.29 is 4.74 Å². The lowest BCUT2D eigenvalue weighted by Crippen LogP contribution is -2.02. The van der Waals surface area contributed by atoms with Gasteiger partial charge in [0.2, 0.25) is 0 Å². The molecule has 0 aliphatic rings. The minimum absolute atomic E-state index is 0.657. The maximum Gasteiger partial charge on any atom is 0.0713 e. The SMILES string of the molecule is COCc1cccc(CNc2cccc(Br)c2C)c1. The fourth-order valence-electron chi connectivity index (χ4n) is 1.99. The lowest BCUT2D eigenvalue weighted by atomic mass is 10.1. The van der Waals surface area contributed by atoms with Crippen LogP contribution in [0.5, 0.6) is 0 Å². The van der Waals surface area contributed by atoms with Crippen LogP contribution in [0.15, 0.2) is 46.9 Å². The Bertz CT molecular complexity index is 554. The van der Waals surface area contributed by atoms with Crippen molar-refractivity contribution in [3.63, 3.8) is 0 Å². The van der Waals surface area contributed by atoms with Crippen LogP contribution in [0.1, 0.15) is 16.7 Å². The van der Waals surface area contributed by atoms with Gasteiger partial charge in [0.25, 0.3) is 0 Å². The average Bonchev–Trinajstić information content (AvgIpc) is 2.41. The minimum Gasteiger partial charge on any atom is -0.381 e. The molecule has 2 rings (SSSR count). The van der Waals surface area contributed by atoms with E-state index in [1.807, 2.05) is 6.07 Å². The normalized spacial score (nSPS) is 10.5. The minimum atomic E-state index is 0.657. The summed E-state index contributed by atoms with van der Waals surface area (Å²) in [6.45, 7) is 3.58. The summed E-state index contributed by atoms with van der Waals surface area (Å²) in [6, 6.07) is 14.6. The molecule has 0 aliphatic heterocycles. The van der Waals surface area contributed by atoms with Gasteiger partial charge in [-0.3, -0.25) is 0 Å². The number of anilines is 1. The van der Waals surface area contributed by atoms with Crippen LogP contribution < -0.4 is 5.32 Å². The molecule has 0 heterocycles. The molecule has 0 fully saturated rings. The Balaban J connectivity index is 2.06. The molecule has 0 saturated heterocycles. The predicted octanol–water partition coefficient (Wildman–Crippen LogP) is 4.52. The van der Waals surface area contributed by atoms with Crippen molar-refractivity contribution in [3.8, 4) is 0 Å². The topological polar surface area (TPSA) is 21.3 Å². The van der Waals surface area contributed by atoms with Crippen molar-refractivity contribution in [3.05, 3.63) is 63.6 Å². The van der Waals surface area contributed by atoms with Gasteiger partial charge in [0.05, 0.1) is 6.61 Å². The van der Waals surface area contributed by atoms with Gasteiger partial charge in [0, 0.05) is 23.8 Å². The lowest BCUT2D eigenvalue weighted by molar-refractivity contribution is 0.185. The van der Waals surface area contributed by atoms with Gasteiger partial charge in [0.1, 0.15) is 0 Å². The summed E-state index contributed by atoms with van der Waals surface area (Å²) >= 11 is 3.55.